The Kier molecular flexibility index (Phi) is 7.45. The molecule has 9 heteroatoms. The van der Waals surface area contributed by atoms with Crippen molar-refractivity contribution in [2.45, 2.75) is 26.2 Å². The fourth-order valence-electron chi connectivity index (χ4n) is 3.15. The number of aliphatic hydroxyl groups excluding tert-OH is 1. The third kappa shape index (κ3) is 5.38. The van der Waals surface area contributed by atoms with Crippen molar-refractivity contribution in [2.24, 2.45) is 0 Å². The SMILES string of the molecule is CCN(Cc1nc2cc(OC)c(OC)cc2c(=O)[nH]1)C[C@H](O)COCc1ccco1. The summed E-state index contributed by atoms with van der Waals surface area (Å²) in [7, 11) is 3.05. The average Bonchev–Trinajstić information content (AvgIpc) is 3.25. The first-order chi connectivity index (χ1) is 14.5. The van der Waals surface area contributed by atoms with Gasteiger partial charge in [-0.1, -0.05) is 6.92 Å². The molecule has 30 heavy (non-hydrogen) atoms. The van der Waals surface area contributed by atoms with Crippen LogP contribution < -0.4 is 15.0 Å². The summed E-state index contributed by atoms with van der Waals surface area (Å²) in [6.07, 6.45) is 0.896. The van der Waals surface area contributed by atoms with Crippen LogP contribution in [0.4, 0.5) is 0 Å². The largest absolute Gasteiger partial charge is 0.493 e. The van der Waals surface area contributed by atoms with Crippen LogP contribution in [0, 0.1) is 0 Å². The molecule has 0 spiro atoms. The molecule has 0 bridgehead atoms. The first-order valence-corrected chi connectivity index (χ1v) is 9.69. The van der Waals surface area contributed by atoms with E-state index in [9.17, 15) is 9.90 Å². The number of aromatic nitrogens is 2. The molecule has 2 aromatic heterocycles. The second-order valence-electron chi connectivity index (χ2n) is 6.81. The van der Waals surface area contributed by atoms with Gasteiger partial charge in [-0.2, -0.15) is 0 Å². The molecule has 2 heterocycles. The van der Waals surface area contributed by atoms with Crippen LogP contribution in [0.15, 0.2) is 39.7 Å². The highest BCUT2D eigenvalue weighted by Crippen LogP contribution is 2.29. The van der Waals surface area contributed by atoms with Crippen molar-refractivity contribution in [2.75, 3.05) is 33.9 Å². The number of aliphatic hydroxyl groups is 1. The molecule has 0 fully saturated rings. The Morgan fingerprint density at radius 2 is 2.03 bits per heavy atom. The third-order valence-electron chi connectivity index (χ3n) is 4.68. The van der Waals surface area contributed by atoms with Crippen LogP contribution in [-0.4, -0.2) is 60.0 Å². The van der Waals surface area contributed by atoms with Gasteiger partial charge in [-0.15, -0.1) is 0 Å². The summed E-state index contributed by atoms with van der Waals surface area (Å²) in [5.74, 6) is 2.19. The Labute approximate surface area is 174 Å². The monoisotopic (exact) mass is 417 g/mol. The molecule has 0 aliphatic rings. The minimum Gasteiger partial charge on any atom is -0.493 e. The molecule has 0 saturated carbocycles. The van der Waals surface area contributed by atoms with Gasteiger partial charge in [0.15, 0.2) is 11.5 Å². The number of likely N-dealkylation sites (N-methyl/N-ethyl adjacent to an activating group) is 1. The summed E-state index contributed by atoms with van der Waals surface area (Å²) in [5.41, 5.74) is 0.263. The van der Waals surface area contributed by atoms with E-state index in [0.29, 0.717) is 60.2 Å². The molecular weight excluding hydrogens is 390 g/mol. The van der Waals surface area contributed by atoms with Crippen molar-refractivity contribution in [3.63, 3.8) is 0 Å². The maximum atomic E-state index is 12.5. The number of aromatic amines is 1. The van der Waals surface area contributed by atoms with Gasteiger partial charge in [0.1, 0.15) is 18.2 Å². The molecule has 0 unspecified atom stereocenters. The summed E-state index contributed by atoms with van der Waals surface area (Å²) in [6, 6.07) is 6.90. The van der Waals surface area contributed by atoms with E-state index in [0.717, 1.165) is 0 Å². The number of furan rings is 1. The van der Waals surface area contributed by atoms with Gasteiger partial charge >= 0.3 is 0 Å². The van der Waals surface area contributed by atoms with Gasteiger partial charge in [0, 0.05) is 12.6 Å². The molecule has 0 aliphatic carbocycles. The van der Waals surface area contributed by atoms with Crippen LogP contribution >= 0.6 is 0 Å². The molecule has 3 rings (SSSR count). The third-order valence-corrected chi connectivity index (χ3v) is 4.68. The molecule has 3 aromatic rings. The number of nitrogens with zero attached hydrogens (tertiary/aromatic N) is 2. The normalized spacial score (nSPS) is 12.4. The molecule has 2 N–H and O–H groups in total. The molecule has 0 aliphatic heterocycles. The van der Waals surface area contributed by atoms with Gasteiger partial charge in [-0.3, -0.25) is 9.69 Å². The van der Waals surface area contributed by atoms with E-state index in [2.05, 4.69) is 9.97 Å². The van der Waals surface area contributed by atoms with Crippen LogP contribution in [0.25, 0.3) is 10.9 Å². The zero-order valence-electron chi connectivity index (χ0n) is 17.4. The maximum Gasteiger partial charge on any atom is 0.258 e. The lowest BCUT2D eigenvalue weighted by Gasteiger charge is -2.23. The number of fused-ring (bicyclic) bond motifs is 1. The van der Waals surface area contributed by atoms with Crippen LogP contribution in [-0.2, 0) is 17.9 Å². The smallest absolute Gasteiger partial charge is 0.258 e. The number of ether oxygens (including phenoxy) is 3. The Morgan fingerprint density at radius 3 is 2.70 bits per heavy atom. The van der Waals surface area contributed by atoms with E-state index < -0.39 is 6.10 Å². The Balaban J connectivity index is 1.66. The summed E-state index contributed by atoms with van der Waals surface area (Å²) < 4.78 is 21.2. The lowest BCUT2D eigenvalue weighted by atomic mass is 10.2. The van der Waals surface area contributed by atoms with Crippen LogP contribution in [0.1, 0.15) is 18.5 Å². The maximum absolute atomic E-state index is 12.5. The fraction of sp³-hybridized carbons (Fsp3) is 0.429. The molecule has 0 radical (unpaired) electrons. The number of hydrogen-bond donors (Lipinski definition) is 2. The van der Waals surface area contributed by atoms with Crippen molar-refractivity contribution in [1.29, 1.82) is 0 Å². The quantitative estimate of drug-likeness (QED) is 0.487. The molecule has 0 saturated heterocycles. The highest BCUT2D eigenvalue weighted by atomic mass is 16.5. The molecule has 0 amide bonds. The van der Waals surface area contributed by atoms with E-state index in [1.54, 1.807) is 24.5 Å². The number of H-pyrrole nitrogens is 1. The molecule has 1 aromatic carbocycles. The van der Waals surface area contributed by atoms with Gasteiger partial charge < -0.3 is 28.7 Å². The minimum atomic E-state index is -0.684. The van der Waals surface area contributed by atoms with E-state index in [4.69, 9.17) is 18.6 Å². The van der Waals surface area contributed by atoms with E-state index in [-0.39, 0.29) is 12.2 Å². The van der Waals surface area contributed by atoms with Crippen LogP contribution in [0.3, 0.4) is 0 Å². The van der Waals surface area contributed by atoms with Gasteiger partial charge in [0.25, 0.3) is 5.56 Å². The summed E-state index contributed by atoms with van der Waals surface area (Å²) in [6.45, 7) is 3.89. The first-order valence-electron chi connectivity index (χ1n) is 9.69. The number of methoxy groups -OCH3 is 2. The number of hydrogen-bond acceptors (Lipinski definition) is 8. The fourth-order valence-corrected chi connectivity index (χ4v) is 3.15. The summed E-state index contributed by atoms with van der Waals surface area (Å²) in [4.78, 5) is 21.9. The second kappa shape index (κ2) is 10.2. The van der Waals surface area contributed by atoms with Gasteiger partial charge in [0.05, 0.1) is 50.6 Å². The van der Waals surface area contributed by atoms with Gasteiger partial charge in [0.2, 0.25) is 0 Å². The van der Waals surface area contributed by atoms with Crippen LogP contribution in [0.2, 0.25) is 0 Å². The highest BCUT2D eigenvalue weighted by Gasteiger charge is 2.15. The van der Waals surface area contributed by atoms with Crippen LogP contribution in [0.5, 0.6) is 11.5 Å². The summed E-state index contributed by atoms with van der Waals surface area (Å²) >= 11 is 0. The molecular formula is C21H27N3O6. The minimum absolute atomic E-state index is 0.176. The lowest BCUT2D eigenvalue weighted by Crippen LogP contribution is -2.35. The standard InChI is InChI=1S/C21H27N3O6/c1-4-24(10-14(25)12-29-13-15-6-5-7-30-15)11-20-22-17-9-19(28-3)18(27-2)8-16(17)21(26)23-20/h5-9,14,25H,4,10-13H2,1-3H3,(H,22,23,26)/t14-/m0/s1. The van der Waals surface area contributed by atoms with Gasteiger partial charge in [-0.05, 0) is 24.7 Å². The molecule has 9 nitrogen and oxygen atoms in total. The van der Waals surface area contributed by atoms with Crippen molar-refractivity contribution in [3.8, 4) is 11.5 Å². The zero-order valence-corrected chi connectivity index (χ0v) is 17.4. The Morgan fingerprint density at radius 1 is 1.27 bits per heavy atom. The van der Waals surface area contributed by atoms with Crippen molar-refractivity contribution >= 4 is 10.9 Å². The van der Waals surface area contributed by atoms with E-state index in [1.807, 2.05) is 17.9 Å². The highest BCUT2D eigenvalue weighted by molar-refractivity contribution is 5.81. The second-order valence-corrected chi connectivity index (χ2v) is 6.81. The van der Waals surface area contributed by atoms with Crippen molar-refractivity contribution < 1.29 is 23.7 Å². The number of nitrogens with one attached hydrogen (secondary N) is 1. The van der Waals surface area contributed by atoms with Crippen molar-refractivity contribution in [3.05, 3.63) is 52.5 Å². The lowest BCUT2D eigenvalue weighted by molar-refractivity contribution is 0.00432. The average molecular weight is 417 g/mol. The Bertz CT molecular complexity index is 1000. The Hall–Kier alpha value is -2.88. The molecule has 1 atom stereocenters. The first kappa shape index (κ1) is 21.8. The topological polar surface area (TPSA) is 110 Å². The predicted octanol–water partition coefficient (Wildman–Crippen LogP) is 1.93. The zero-order chi connectivity index (χ0) is 21.5. The van der Waals surface area contributed by atoms with Crippen molar-refractivity contribution in [1.82, 2.24) is 14.9 Å². The molecule has 162 valence electrons. The number of rotatable bonds is 11. The van der Waals surface area contributed by atoms with E-state index >= 15 is 0 Å². The van der Waals surface area contributed by atoms with Gasteiger partial charge in [-0.25, -0.2) is 4.98 Å². The summed E-state index contributed by atoms with van der Waals surface area (Å²) in [5, 5.41) is 10.7. The predicted molar refractivity (Wildman–Crippen MR) is 111 cm³/mol. The number of benzene rings is 1. The van der Waals surface area contributed by atoms with E-state index in [1.165, 1.54) is 14.2 Å².